The van der Waals surface area contributed by atoms with Gasteiger partial charge < -0.3 is 9.84 Å². The molecule has 0 aliphatic carbocycles. The van der Waals surface area contributed by atoms with Crippen molar-refractivity contribution in [3.05, 3.63) is 48.0 Å². The molecule has 0 spiro atoms. The Morgan fingerprint density at radius 3 is 2.43 bits per heavy atom. The van der Waals surface area contributed by atoms with E-state index in [4.69, 9.17) is 4.74 Å². The topological polar surface area (TPSA) is 53.2 Å². The van der Waals surface area contributed by atoms with E-state index < -0.39 is 0 Å². The summed E-state index contributed by atoms with van der Waals surface area (Å²) in [6.45, 7) is 4.85. The predicted octanol–water partition coefficient (Wildman–Crippen LogP) is 4.36. The lowest BCUT2D eigenvalue weighted by Crippen LogP contribution is -2.08. The molecule has 3 heteroatoms. The summed E-state index contributed by atoms with van der Waals surface area (Å²) in [4.78, 5) is 0. The molecule has 21 heavy (non-hydrogen) atoms. The minimum absolute atomic E-state index is 0.229. The first-order valence-electron chi connectivity index (χ1n) is 7.10. The monoisotopic (exact) mass is 281 g/mol. The summed E-state index contributed by atoms with van der Waals surface area (Å²) in [6.07, 6.45) is 1.05. The normalized spacial score (nSPS) is 11.7. The van der Waals surface area contributed by atoms with Gasteiger partial charge >= 0.3 is 0 Å². The average Bonchev–Trinajstić information content (AvgIpc) is 2.53. The second kappa shape index (κ2) is 6.81. The van der Waals surface area contributed by atoms with Crippen molar-refractivity contribution in [3.63, 3.8) is 0 Å². The number of phenols is 1. The van der Waals surface area contributed by atoms with Gasteiger partial charge in [-0.25, -0.2) is 0 Å². The van der Waals surface area contributed by atoms with Crippen LogP contribution in [0.25, 0.3) is 11.1 Å². The Bertz CT molecular complexity index is 641. The van der Waals surface area contributed by atoms with Gasteiger partial charge in [0, 0.05) is 0 Å². The highest BCUT2D eigenvalue weighted by Gasteiger charge is 2.08. The van der Waals surface area contributed by atoms with Crippen LogP contribution >= 0.6 is 0 Å². The molecule has 1 atom stereocenters. The van der Waals surface area contributed by atoms with E-state index >= 15 is 0 Å². The lowest BCUT2D eigenvalue weighted by atomic mass is 10.0. The van der Waals surface area contributed by atoms with E-state index in [1.807, 2.05) is 30.3 Å². The maximum absolute atomic E-state index is 9.32. The minimum Gasteiger partial charge on any atom is -0.508 e. The Balaban J connectivity index is 2.24. The first-order chi connectivity index (χ1) is 10.1. The van der Waals surface area contributed by atoms with Gasteiger partial charge in [0.05, 0.1) is 12.2 Å². The molecule has 2 aromatic rings. The highest BCUT2D eigenvalue weighted by atomic mass is 16.5. The van der Waals surface area contributed by atoms with Gasteiger partial charge in [-0.1, -0.05) is 38.5 Å². The van der Waals surface area contributed by atoms with Crippen molar-refractivity contribution in [1.82, 2.24) is 0 Å². The van der Waals surface area contributed by atoms with Crippen LogP contribution in [0.1, 0.15) is 25.8 Å². The second-order valence-corrected chi connectivity index (χ2v) is 5.19. The van der Waals surface area contributed by atoms with Gasteiger partial charge in [-0.05, 0) is 41.3 Å². The SMILES string of the molecule is CCC(C)COc1ccc(-c2ccc(O)cc2)cc1C#N. The molecule has 0 fully saturated rings. The predicted molar refractivity (Wildman–Crippen MR) is 83.2 cm³/mol. The minimum atomic E-state index is 0.229. The first kappa shape index (κ1) is 14.9. The number of nitrogens with zero attached hydrogens (tertiary/aromatic N) is 1. The quantitative estimate of drug-likeness (QED) is 0.886. The van der Waals surface area contributed by atoms with Gasteiger partial charge in [0.15, 0.2) is 0 Å². The Hall–Kier alpha value is -2.47. The molecule has 2 rings (SSSR count). The lowest BCUT2D eigenvalue weighted by molar-refractivity contribution is 0.256. The van der Waals surface area contributed by atoms with Crippen LogP contribution in [0.3, 0.4) is 0 Å². The number of hydrogen-bond acceptors (Lipinski definition) is 3. The zero-order chi connectivity index (χ0) is 15.2. The molecule has 2 aromatic carbocycles. The average molecular weight is 281 g/mol. The summed E-state index contributed by atoms with van der Waals surface area (Å²) >= 11 is 0. The fraction of sp³-hybridized carbons (Fsp3) is 0.278. The van der Waals surface area contributed by atoms with Crippen molar-refractivity contribution in [1.29, 1.82) is 5.26 Å². The molecule has 0 aliphatic rings. The Morgan fingerprint density at radius 1 is 1.14 bits per heavy atom. The van der Waals surface area contributed by atoms with E-state index in [0.29, 0.717) is 23.8 Å². The maximum Gasteiger partial charge on any atom is 0.137 e. The summed E-state index contributed by atoms with van der Waals surface area (Å²) in [5, 5.41) is 18.6. The standard InChI is InChI=1S/C18H19NO2/c1-3-13(2)12-21-18-9-6-15(10-16(18)11-19)14-4-7-17(20)8-5-14/h4-10,13,20H,3,12H2,1-2H3. The highest BCUT2D eigenvalue weighted by Crippen LogP contribution is 2.27. The third-order valence-electron chi connectivity index (χ3n) is 3.52. The highest BCUT2D eigenvalue weighted by molar-refractivity contribution is 5.67. The van der Waals surface area contributed by atoms with Crippen molar-refractivity contribution < 1.29 is 9.84 Å². The van der Waals surface area contributed by atoms with Crippen LogP contribution in [0, 0.1) is 17.2 Å². The van der Waals surface area contributed by atoms with Crippen LogP contribution in [0.2, 0.25) is 0 Å². The molecule has 0 saturated heterocycles. The van der Waals surface area contributed by atoms with Gasteiger partial charge in [-0.15, -0.1) is 0 Å². The van der Waals surface area contributed by atoms with E-state index in [2.05, 4.69) is 19.9 Å². The van der Waals surface area contributed by atoms with Gasteiger partial charge in [0.2, 0.25) is 0 Å². The van der Waals surface area contributed by atoms with Crippen molar-refractivity contribution in [2.24, 2.45) is 5.92 Å². The van der Waals surface area contributed by atoms with Gasteiger partial charge in [0.1, 0.15) is 17.6 Å². The van der Waals surface area contributed by atoms with Crippen LogP contribution < -0.4 is 4.74 Å². The number of hydrogen-bond donors (Lipinski definition) is 1. The Kier molecular flexibility index (Phi) is 4.84. The fourth-order valence-electron chi connectivity index (χ4n) is 1.93. The number of ether oxygens (including phenoxy) is 1. The van der Waals surface area contributed by atoms with Crippen LogP contribution in [0.4, 0.5) is 0 Å². The molecule has 0 aliphatic heterocycles. The Labute approximate surface area is 125 Å². The van der Waals surface area contributed by atoms with Crippen LogP contribution in [-0.4, -0.2) is 11.7 Å². The zero-order valence-corrected chi connectivity index (χ0v) is 12.3. The number of rotatable bonds is 5. The molecule has 0 saturated carbocycles. The third kappa shape index (κ3) is 3.76. The first-order valence-corrected chi connectivity index (χ1v) is 7.10. The molecule has 0 amide bonds. The number of nitriles is 1. The molecule has 0 heterocycles. The van der Waals surface area contributed by atoms with Crippen LogP contribution in [-0.2, 0) is 0 Å². The molecule has 3 nitrogen and oxygen atoms in total. The fourth-order valence-corrected chi connectivity index (χ4v) is 1.93. The van der Waals surface area contributed by atoms with Gasteiger partial charge in [-0.2, -0.15) is 5.26 Å². The molecule has 108 valence electrons. The lowest BCUT2D eigenvalue weighted by Gasteiger charge is -2.13. The van der Waals surface area contributed by atoms with Crippen molar-refractivity contribution in [3.8, 4) is 28.7 Å². The molecule has 0 radical (unpaired) electrons. The second-order valence-electron chi connectivity index (χ2n) is 5.19. The summed E-state index contributed by atoms with van der Waals surface area (Å²) in [6, 6.07) is 14.7. The van der Waals surface area contributed by atoms with E-state index in [0.717, 1.165) is 17.5 Å². The largest absolute Gasteiger partial charge is 0.508 e. The van der Waals surface area contributed by atoms with Crippen molar-refractivity contribution in [2.45, 2.75) is 20.3 Å². The number of benzene rings is 2. The summed E-state index contributed by atoms with van der Waals surface area (Å²) in [7, 11) is 0. The summed E-state index contributed by atoms with van der Waals surface area (Å²) in [5.41, 5.74) is 2.42. The van der Waals surface area contributed by atoms with E-state index in [1.165, 1.54) is 0 Å². The molecule has 1 unspecified atom stereocenters. The number of phenolic OH excluding ortho intramolecular Hbond substituents is 1. The summed E-state index contributed by atoms with van der Waals surface area (Å²) < 4.78 is 5.73. The van der Waals surface area contributed by atoms with Crippen LogP contribution in [0.15, 0.2) is 42.5 Å². The Morgan fingerprint density at radius 2 is 1.81 bits per heavy atom. The molecular weight excluding hydrogens is 262 g/mol. The maximum atomic E-state index is 9.32. The molecular formula is C18H19NO2. The molecule has 1 N–H and O–H groups in total. The number of aromatic hydroxyl groups is 1. The van der Waals surface area contributed by atoms with E-state index in [-0.39, 0.29) is 5.75 Å². The smallest absolute Gasteiger partial charge is 0.137 e. The molecule has 0 bridgehead atoms. The van der Waals surface area contributed by atoms with Crippen molar-refractivity contribution >= 4 is 0 Å². The van der Waals surface area contributed by atoms with Gasteiger partial charge in [-0.3, -0.25) is 0 Å². The van der Waals surface area contributed by atoms with Crippen LogP contribution in [0.5, 0.6) is 11.5 Å². The van der Waals surface area contributed by atoms with Gasteiger partial charge in [0.25, 0.3) is 0 Å². The van der Waals surface area contributed by atoms with E-state index in [1.54, 1.807) is 12.1 Å². The third-order valence-corrected chi connectivity index (χ3v) is 3.52. The summed E-state index contributed by atoms with van der Waals surface area (Å²) in [5.74, 6) is 1.32. The van der Waals surface area contributed by atoms with E-state index in [9.17, 15) is 10.4 Å². The molecule has 0 aromatic heterocycles. The van der Waals surface area contributed by atoms with Crippen molar-refractivity contribution in [2.75, 3.05) is 6.61 Å². The zero-order valence-electron chi connectivity index (χ0n) is 12.3.